The molecule has 1 aromatic heterocycles. The highest BCUT2D eigenvalue weighted by atomic mass is 19.1. The van der Waals surface area contributed by atoms with Gasteiger partial charge in [-0.15, -0.1) is 0 Å². The third-order valence-corrected chi connectivity index (χ3v) is 6.01. The Morgan fingerprint density at radius 2 is 1.70 bits per heavy atom. The number of hydrogen-bond acceptors (Lipinski definition) is 1. The van der Waals surface area contributed by atoms with Gasteiger partial charge in [-0.25, -0.2) is 4.39 Å². The maximum Gasteiger partial charge on any atom is 0.223 e. The lowest BCUT2D eigenvalue weighted by Crippen LogP contribution is -2.40. The molecule has 30 heavy (non-hydrogen) atoms. The van der Waals surface area contributed by atoms with Crippen molar-refractivity contribution < 1.29 is 9.18 Å². The summed E-state index contributed by atoms with van der Waals surface area (Å²) in [7, 11) is 0. The lowest BCUT2D eigenvalue weighted by Gasteiger charge is -2.36. The van der Waals surface area contributed by atoms with Gasteiger partial charge in [0.2, 0.25) is 5.91 Å². The Balaban J connectivity index is 1.51. The number of halogens is 1. The molecule has 150 valence electrons. The first kappa shape index (κ1) is 18.6. The summed E-state index contributed by atoms with van der Waals surface area (Å²) in [6.45, 7) is 0.657. The fourth-order valence-corrected chi connectivity index (χ4v) is 4.54. The quantitative estimate of drug-likeness (QED) is 0.490. The van der Waals surface area contributed by atoms with Crippen LogP contribution in [0, 0.1) is 5.82 Å². The van der Waals surface area contributed by atoms with Crippen LogP contribution in [0.15, 0.2) is 78.9 Å². The summed E-state index contributed by atoms with van der Waals surface area (Å²) in [6.07, 6.45) is 1.98. The zero-order valence-electron chi connectivity index (χ0n) is 16.6. The van der Waals surface area contributed by atoms with Crippen LogP contribution in [-0.4, -0.2) is 22.3 Å². The van der Waals surface area contributed by atoms with Crippen molar-refractivity contribution in [1.29, 1.82) is 0 Å². The minimum atomic E-state index is -0.270. The van der Waals surface area contributed by atoms with Gasteiger partial charge in [0.25, 0.3) is 0 Å². The third kappa shape index (κ3) is 3.39. The van der Waals surface area contributed by atoms with Crippen LogP contribution in [0.3, 0.4) is 0 Å². The Labute approximate surface area is 175 Å². The van der Waals surface area contributed by atoms with Crippen LogP contribution >= 0.6 is 0 Å². The lowest BCUT2D eigenvalue weighted by molar-refractivity contribution is -0.133. The van der Waals surface area contributed by atoms with Crippen molar-refractivity contribution in [2.45, 2.75) is 25.3 Å². The highest BCUT2D eigenvalue weighted by Gasteiger charge is 2.34. The maximum atomic E-state index is 13.6. The molecule has 1 aliphatic heterocycles. The van der Waals surface area contributed by atoms with E-state index >= 15 is 0 Å². The highest BCUT2D eigenvalue weighted by Crippen LogP contribution is 2.38. The van der Waals surface area contributed by atoms with Crippen LogP contribution in [0.25, 0.3) is 10.9 Å². The van der Waals surface area contributed by atoms with E-state index < -0.39 is 0 Å². The fraction of sp³-hybridized carbons (Fsp3) is 0.192. The number of hydrogen-bond donors (Lipinski definition) is 1. The second-order valence-corrected chi connectivity index (χ2v) is 7.84. The summed E-state index contributed by atoms with van der Waals surface area (Å²) in [5, 5.41) is 1.20. The SMILES string of the molecule is O=C(CCc1ccccc1)N1CCc2c([nH]c3ccccc23)[C@@H]1c1ccc(F)cc1. The molecule has 1 atom stereocenters. The van der Waals surface area contributed by atoms with Crippen LogP contribution in [-0.2, 0) is 17.6 Å². The molecule has 0 aliphatic carbocycles. The van der Waals surface area contributed by atoms with E-state index in [-0.39, 0.29) is 17.8 Å². The van der Waals surface area contributed by atoms with Gasteiger partial charge in [0.05, 0.1) is 6.04 Å². The van der Waals surface area contributed by atoms with E-state index in [2.05, 4.69) is 29.2 Å². The Morgan fingerprint density at radius 3 is 2.50 bits per heavy atom. The average Bonchev–Trinajstić information content (AvgIpc) is 3.17. The van der Waals surface area contributed by atoms with Crippen LogP contribution in [0.5, 0.6) is 0 Å². The zero-order chi connectivity index (χ0) is 20.5. The third-order valence-electron chi connectivity index (χ3n) is 6.01. The number of fused-ring (bicyclic) bond motifs is 3. The fourth-order valence-electron chi connectivity index (χ4n) is 4.54. The zero-order valence-corrected chi connectivity index (χ0v) is 16.6. The first-order valence-corrected chi connectivity index (χ1v) is 10.4. The molecule has 4 heteroatoms. The smallest absolute Gasteiger partial charge is 0.223 e. The van der Waals surface area contributed by atoms with Crippen molar-refractivity contribution >= 4 is 16.8 Å². The molecule has 2 heterocycles. The Morgan fingerprint density at radius 1 is 0.967 bits per heavy atom. The van der Waals surface area contributed by atoms with Crippen molar-refractivity contribution in [3.63, 3.8) is 0 Å². The average molecular weight is 398 g/mol. The number of aryl methyl sites for hydroxylation is 1. The number of rotatable bonds is 4. The first-order valence-electron chi connectivity index (χ1n) is 10.4. The minimum absolute atomic E-state index is 0.123. The van der Waals surface area contributed by atoms with Gasteiger partial charge in [-0.05, 0) is 47.7 Å². The molecule has 0 radical (unpaired) electrons. The second-order valence-electron chi connectivity index (χ2n) is 7.84. The van der Waals surface area contributed by atoms with Gasteiger partial charge in [0.1, 0.15) is 5.82 Å². The number of carbonyl (C=O) groups excluding carboxylic acids is 1. The van der Waals surface area contributed by atoms with E-state index in [0.717, 1.165) is 28.8 Å². The summed E-state index contributed by atoms with van der Waals surface area (Å²) in [5.74, 6) is -0.147. The van der Waals surface area contributed by atoms with E-state index in [1.807, 2.05) is 35.2 Å². The van der Waals surface area contributed by atoms with E-state index in [4.69, 9.17) is 0 Å². The van der Waals surface area contributed by atoms with Crippen LogP contribution in [0.2, 0.25) is 0 Å². The molecule has 3 nitrogen and oxygen atoms in total. The molecule has 0 saturated heterocycles. The minimum Gasteiger partial charge on any atom is -0.356 e. The number of aromatic nitrogens is 1. The van der Waals surface area contributed by atoms with E-state index in [1.54, 1.807) is 12.1 Å². The molecule has 3 aromatic carbocycles. The maximum absolute atomic E-state index is 13.6. The number of nitrogens with one attached hydrogen (secondary N) is 1. The van der Waals surface area contributed by atoms with Crippen molar-refractivity contribution in [1.82, 2.24) is 9.88 Å². The molecule has 4 aromatic rings. The van der Waals surface area contributed by atoms with Gasteiger partial charge in [0.15, 0.2) is 0 Å². The molecule has 0 unspecified atom stereocenters. The molecule has 0 fully saturated rings. The largest absolute Gasteiger partial charge is 0.356 e. The van der Waals surface area contributed by atoms with Crippen molar-refractivity contribution in [2.75, 3.05) is 6.54 Å². The second kappa shape index (κ2) is 7.79. The molecular formula is C26H23FN2O. The Hall–Kier alpha value is -3.40. The van der Waals surface area contributed by atoms with Crippen LogP contribution in [0.4, 0.5) is 4.39 Å². The van der Waals surface area contributed by atoms with E-state index in [1.165, 1.54) is 23.1 Å². The van der Waals surface area contributed by atoms with Gasteiger partial charge in [0, 0.05) is 29.6 Å². The predicted molar refractivity (Wildman–Crippen MR) is 117 cm³/mol. The highest BCUT2D eigenvalue weighted by molar-refractivity contribution is 5.86. The number of benzene rings is 3. The standard InChI is InChI=1S/C26H23FN2O/c27-20-13-11-19(12-14-20)26-25-22(21-8-4-5-9-23(21)28-25)16-17-29(26)24(30)15-10-18-6-2-1-3-7-18/h1-9,11-14,26,28H,10,15-17H2/t26-/m0/s1. The normalized spacial score (nSPS) is 15.9. The monoisotopic (exact) mass is 398 g/mol. The Bertz CT molecular complexity index is 1180. The number of amides is 1. The molecule has 0 saturated carbocycles. The van der Waals surface area contributed by atoms with Crippen LogP contribution < -0.4 is 0 Å². The predicted octanol–water partition coefficient (Wildman–Crippen LogP) is 5.41. The molecule has 0 bridgehead atoms. The van der Waals surface area contributed by atoms with E-state index in [9.17, 15) is 9.18 Å². The lowest BCUT2D eigenvalue weighted by atomic mass is 9.92. The van der Waals surface area contributed by atoms with Gasteiger partial charge < -0.3 is 9.88 Å². The summed E-state index contributed by atoms with van der Waals surface area (Å²) in [5.41, 5.74) is 5.46. The number of para-hydroxylation sites is 1. The van der Waals surface area contributed by atoms with Gasteiger partial charge >= 0.3 is 0 Å². The molecule has 1 N–H and O–H groups in total. The van der Waals surface area contributed by atoms with Crippen molar-refractivity contribution in [3.8, 4) is 0 Å². The van der Waals surface area contributed by atoms with Crippen molar-refractivity contribution in [2.24, 2.45) is 0 Å². The molecule has 5 rings (SSSR count). The van der Waals surface area contributed by atoms with Gasteiger partial charge in [-0.3, -0.25) is 4.79 Å². The van der Waals surface area contributed by atoms with E-state index in [0.29, 0.717) is 19.4 Å². The summed E-state index contributed by atoms with van der Waals surface area (Å²) < 4.78 is 13.6. The van der Waals surface area contributed by atoms with Gasteiger partial charge in [-0.1, -0.05) is 60.7 Å². The summed E-state index contributed by atoms with van der Waals surface area (Å²) in [6, 6.07) is 24.6. The summed E-state index contributed by atoms with van der Waals surface area (Å²) >= 11 is 0. The van der Waals surface area contributed by atoms with Crippen LogP contribution in [0.1, 0.15) is 34.8 Å². The van der Waals surface area contributed by atoms with Gasteiger partial charge in [-0.2, -0.15) is 0 Å². The first-order chi connectivity index (χ1) is 14.7. The topological polar surface area (TPSA) is 36.1 Å². The number of H-pyrrole nitrogens is 1. The molecular weight excluding hydrogens is 375 g/mol. The molecule has 1 amide bonds. The summed E-state index contributed by atoms with van der Waals surface area (Å²) in [4.78, 5) is 18.8. The number of carbonyl (C=O) groups is 1. The number of nitrogens with zero attached hydrogens (tertiary/aromatic N) is 1. The Kier molecular flexibility index (Phi) is 4.83. The molecule has 1 aliphatic rings. The number of aromatic amines is 1. The molecule has 0 spiro atoms. The van der Waals surface area contributed by atoms with Crippen molar-refractivity contribution in [3.05, 3.63) is 107 Å².